The smallest absolute Gasteiger partial charge is 0.335 e. The molecule has 1 heterocycles. The standard InChI is InChI=1S/C21H15N3O3/c22-20(25)15-5-1-3-13(9-15)14-4-2-6-17(10-14)24-12-23-18-8-7-16(21(26)27)11-19(18)24/h1-12H,(H2,22,25)(H,26,27). The van der Waals surface area contributed by atoms with E-state index in [1.54, 1.807) is 36.7 Å². The first-order valence-corrected chi connectivity index (χ1v) is 8.24. The summed E-state index contributed by atoms with van der Waals surface area (Å²) in [6, 6.07) is 19.6. The molecule has 132 valence electrons. The molecule has 3 aromatic carbocycles. The first-order chi connectivity index (χ1) is 13.0. The van der Waals surface area contributed by atoms with Crippen LogP contribution in [0.15, 0.2) is 73.1 Å². The summed E-state index contributed by atoms with van der Waals surface area (Å²) >= 11 is 0. The van der Waals surface area contributed by atoms with Gasteiger partial charge in [-0.2, -0.15) is 0 Å². The fraction of sp³-hybridized carbons (Fsp3) is 0. The van der Waals surface area contributed by atoms with Gasteiger partial charge < -0.3 is 10.8 Å². The van der Waals surface area contributed by atoms with Gasteiger partial charge in [0.1, 0.15) is 6.33 Å². The van der Waals surface area contributed by atoms with Gasteiger partial charge >= 0.3 is 5.97 Å². The van der Waals surface area contributed by atoms with Crippen molar-refractivity contribution in [3.05, 3.63) is 84.2 Å². The molecule has 0 spiro atoms. The van der Waals surface area contributed by atoms with Crippen LogP contribution in [0.3, 0.4) is 0 Å². The van der Waals surface area contributed by atoms with Crippen LogP contribution in [0.25, 0.3) is 27.8 Å². The number of carboxylic acid groups (broad SMARTS) is 1. The molecule has 0 bridgehead atoms. The minimum Gasteiger partial charge on any atom is -0.478 e. The Hall–Kier alpha value is -3.93. The van der Waals surface area contributed by atoms with Crippen molar-refractivity contribution >= 4 is 22.9 Å². The molecule has 4 aromatic rings. The number of nitrogens with zero attached hydrogens (tertiary/aromatic N) is 2. The topological polar surface area (TPSA) is 98.2 Å². The van der Waals surface area contributed by atoms with E-state index in [2.05, 4.69) is 4.98 Å². The van der Waals surface area contributed by atoms with Crippen LogP contribution in [0.1, 0.15) is 20.7 Å². The van der Waals surface area contributed by atoms with Gasteiger partial charge in [0.05, 0.1) is 16.6 Å². The molecule has 6 nitrogen and oxygen atoms in total. The molecule has 4 rings (SSSR count). The number of imidazole rings is 1. The van der Waals surface area contributed by atoms with E-state index in [-0.39, 0.29) is 5.56 Å². The van der Waals surface area contributed by atoms with Gasteiger partial charge in [-0.05, 0) is 53.6 Å². The second kappa shape index (κ2) is 6.42. The van der Waals surface area contributed by atoms with Gasteiger partial charge in [-0.1, -0.05) is 24.3 Å². The van der Waals surface area contributed by atoms with Crippen LogP contribution in [0.4, 0.5) is 0 Å². The SMILES string of the molecule is NC(=O)c1cccc(-c2cccc(-n3cnc4ccc(C(=O)O)cc43)c2)c1. The van der Waals surface area contributed by atoms with E-state index in [1.165, 1.54) is 6.07 Å². The summed E-state index contributed by atoms with van der Waals surface area (Å²) in [4.78, 5) is 27.1. The Morgan fingerprint density at radius 1 is 0.889 bits per heavy atom. The number of nitrogens with two attached hydrogens (primary N) is 1. The fourth-order valence-electron chi connectivity index (χ4n) is 3.03. The molecule has 1 amide bonds. The number of benzene rings is 3. The summed E-state index contributed by atoms with van der Waals surface area (Å²) < 4.78 is 1.84. The number of aromatic carboxylic acids is 1. The molecular weight excluding hydrogens is 342 g/mol. The minimum absolute atomic E-state index is 0.203. The largest absolute Gasteiger partial charge is 0.478 e. The van der Waals surface area contributed by atoms with E-state index in [9.17, 15) is 14.7 Å². The van der Waals surface area contributed by atoms with Gasteiger partial charge in [-0.25, -0.2) is 9.78 Å². The minimum atomic E-state index is -0.985. The molecule has 0 aliphatic rings. The number of hydrogen-bond acceptors (Lipinski definition) is 3. The number of carboxylic acids is 1. The van der Waals surface area contributed by atoms with E-state index in [4.69, 9.17) is 5.73 Å². The second-order valence-corrected chi connectivity index (χ2v) is 6.12. The number of hydrogen-bond donors (Lipinski definition) is 2. The second-order valence-electron chi connectivity index (χ2n) is 6.12. The Labute approximate surface area is 154 Å². The van der Waals surface area contributed by atoms with E-state index in [0.29, 0.717) is 16.6 Å². The van der Waals surface area contributed by atoms with Crippen molar-refractivity contribution < 1.29 is 14.7 Å². The van der Waals surface area contributed by atoms with Crippen molar-refractivity contribution in [3.8, 4) is 16.8 Å². The average Bonchev–Trinajstić information content (AvgIpc) is 3.11. The predicted octanol–water partition coefficient (Wildman–Crippen LogP) is 3.49. The summed E-state index contributed by atoms with van der Waals surface area (Å²) in [7, 11) is 0. The van der Waals surface area contributed by atoms with E-state index in [0.717, 1.165) is 16.8 Å². The molecule has 0 aliphatic heterocycles. The lowest BCUT2D eigenvalue weighted by Gasteiger charge is -2.09. The van der Waals surface area contributed by atoms with E-state index in [1.807, 2.05) is 34.9 Å². The maximum atomic E-state index is 11.4. The van der Waals surface area contributed by atoms with Crippen molar-refractivity contribution in [2.75, 3.05) is 0 Å². The van der Waals surface area contributed by atoms with Gasteiger partial charge in [0.25, 0.3) is 0 Å². The van der Waals surface area contributed by atoms with Crippen LogP contribution in [0.2, 0.25) is 0 Å². The third-order valence-electron chi connectivity index (χ3n) is 4.40. The molecular formula is C21H15N3O3. The van der Waals surface area contributed by atoms with Crippen molar-refractivity contribution in [3.63, 3.8) is 0 Å². The lowest BCUT2D eigenvalue weighted by molar-refractivity contribution is 0.0696. The molecule has 0 radical (unpaired) electrons. The summed E-state index contributed by atoms with van der Waals surface area (Å²) in [5, 5.41) is 9.24. The number of amides is 1. The zero-order chi connectivity index (χ0) is 19.0. The average molecular weight is 357 g/mol. The predicted molar refractivity (Wildman–Crippen MR) is 102 cm³/mol. The Morgan fingerprint density at radius 2 is 1.63 bits per heavy atom. The van der Waals surface area contributed by atoms with Gasteiger partial charge in [-0.15, -0.1) is 0 Å². The highest BCUT2D eigenvalue weighted by Gasteiger charge is 2.10. The van der Waals surface area contributed by atoms with E-state index >= 15 is 0 Å². The third-order valence-corrected chi connectivity index (χ3v) is 4.40. The molecule has 3 N–H and O–H groups in total. The highest BCUT2D eigenvalue weighted by molar-refractivity contribution is 5.94. The van der Waals surface area contributed by atoms with E-state index < -0.39 is 11.9 Å². The Balaban J connectivity index is 1.82. The molecule has 6 heteroatoms. The normalized spacial score (nSPS) is 10.8. The number of aromatic nitrogens is 2. The van der Waals surface area contributed by atoms with Gasteiger partial charge in [0.2, 0.25) is 5.91 Å². The summed E-state index contributed by atoms with van der Waals surface area (Å²) in [6.45, 7) is 0. The first kappa shape index (κ1) is 16.5. The maximum Gasteiger partial charge on any atom is 0.335 e. The lowest BCUT2D eigenvalue weighted by Crippen LogP contribution is -2.10. The van der Waals surface area contributed by atoms with Gasteiger partial charge in [0.15, 0.2) is 0 Å². The maximum absolute atomic E-state index is 11.4. The molecule has 0 unspecified atom stereocenters. The fourth-order valence-corrected chi connectivity index (χ4v) is 3.03. The van der Waals surface area contributed by atoms with Crippen LogP contribution in [0.5, 0.6) is 0 Å². The highest BCUT2D eigenvalue weighted by atomic mass is 16.4. The number of primary amides is 1. The van der Waals surface area contributed by atoms with Crippen molar-refractivity contribution in [1.29, 1.82) is 0 Å². The van der Waals surface area contributed by atoms with Crippen molar-refractivity contribution in [1.82, 2.24) is 9.55 Å². The molecule has 27 heavy (non-hydrogen) atoms. The van der Waals surface area contributed by atoms with Crippen LogP contribution < -0.4 is 5.73 Å². The summed E-state index contributed by atoms with van der Waals surface area (Å²) in [5.41, 5.74) is 10.0. The zero-order valence-electron chi connectivity index (χ0n) is 14.2. The number of carbonyl (C=O) groups excluding carboxylic acids is 1. The summed E-state index contributed by atoms with van der Waals surface area (Å²) in [5.74, 6) is -1.46. The Kier molecular flexibility index (Phi) is 3.93. The van der Waals surface area contributed by atoms with Crippen molar-refractivity contribution in [2.24, 2.45) is 5.73 Å². The third kappa shape index (κ3) is 3.04. The Morgan fingerprint density at radius 3 is 2.37 bits per heavy atom. The van der Waals surface area contributed by atoms with Gasteiger partial charge in [-0.3, -0.25) is 9.36 Å². The lowest BCUT2D eigenvalue weighted by atomic mass is 10.0. The van der Waals surface area contributed by atoms with Crippen LogP contribution in [-0.4, -0.2) is 26.5 Å². The van der Waals surface area contributed by atoms with Crippen LogP contribution >= 0.6 is 0 Å². The van der Waals surface area contributed by atoms with Crippen LogP contribution in [-0.2, 0) is 0 Å². The van der Waals surface area contributed by atoms with Gasteiger partial charge in [0, 0.05) is 11.3 Å². The molecule has 0 aliphatic carbocycles. The van der Waals surface area contributed by atoms with Crippen LogP contribution in [0, 0.1) is 0 Å². The number of rotatable bonds is 4. The number of carbonyl (C=O) groups is 2. The monoisotopic (exact) mass is 357 g/mol. The first-order valence-electron chi connectivity index (χ1n) is 8.24. The molecule has 1 aromatic heterocycles. The molecule has 0 fully saturated rings. The zero-order valence-corrected chi connectivity index (χ0v) is 14.2. The number of fused-ring (bicyclic) bond motifs is 1. The van der Waals surface area contributed by atoms with Crippen molar-refractivity contribution in [2.45, 2.75) is 0 Å². The molecule has 0 atom stereocenters. The summed E-state index contributed by atoms with van der Waals surface area (Å²) in [6.07, 6.45) is 1.66. The molecule has 0 saturated heterocycles. The quantitative estimate of drug-likeness (QED) is 0.584. The molecule has 0 saturated carbocycles. The Bertz CT molecular complexity index is 1190. The highest BCUT2D eigenvalue weighted by Crippen LogP contribution is 2.25.